The molecule has 2 rings (SSSR count). The number of ether oxygens (including phenoxy) is 2. The lowest BCUT2D eigenvalue weighted by Gasteiger charge is -2.14. The van der Waals surface area contributed by atoms with Gasteiger partial charge in [0.1, 0.15) is 12.4 Å². The van der Waals surface area contributed by atoms with Crippen molar-refractivity contribution in [3.05, 3.63) is 35.9 Å². The number of rotatable bonds is 5. The number of nitrogens with two attached hydrogens (primary N) is 1. The van der Waals surface area contributed by atoms with Crippen LogP contribution in [0, 0.1) is 0 Å². The summed E-state index contributed by atoms with van der Waals surface area (Å²) < 4.78 is 10.8. The van der Waals surface area contributed by atoms with E-state index in [0.717, 1.165) is 18.6 Å². The Morgan fingerprint density at radius 3 is 2.89 bits per heavy atom. The predicted molar refractivity (Wildman–Crippen MR) is 78.2 cm³/mol. The Hall–Kier alpha value is -1.32. The number of allylic oxidation sites excluding steroid dienone is 1. The van der Waals surface area contributed by atoms with Gasteiger partial charge in [-0.2, -0.15) is 0 Å². The maximum absolute atomic E-state index is 6.10. The molecule has 1 atom stereocenters. The molecule has 0 bridgehead atoms. The molecule has 1 unspecified atom stereocenters. The zero-order valence-electron chi connectivity index (χ0n) is 11.6. The lowest BCUT2D eigenvalue weighted by atomic mass is 10.00. The van der Waals surface area contributed by atoms with Crippen molar-refractivity contribution in [1.82, 2.24) is 0 Å². The third-order valence-electron chi connectivity index (χ3n) is 3.43. The summed E-state index contributed by atoms with van der Waals surface area (Å²) in [5, 5.41) is 0. The van der Waals surface area contributed by atoms with Gasteiger partial charge in [0.05, 0.1) is 6.61 Å². The third-order valence-corrected chi connectivity index (χ3v) is 3.43. The van der Waals surface area contributed by atoms with Crippen LogP contribution in [0.2, 0.25) is 0 Å². The van der Waals surface area contributed by atoms with Crippen LogP contribution in [0.3, 0.4) is 0 Å². The fraction of sp³-hybridized carbons (Fsp3) is 0.500. The zero-order valence-corrected chi connectivity index (χ0v) is 11.6. The van der Waals surface area contributed by atoms with Gasteiger partial charge in [-0.05, 0) is 30.9 Å². The van der Waals surface area contributed by atoms with Crippen molar-refractivity contribution >= 4 is 5.57 Å². The summed E-state index contributed by atoms with van der Waals surface area (Å²) in [5.41, 5.74) is 8.59. The molecule has 0 aromatic heterocycles. The maximum Gasteiger partial charge on any atom is 0.126 e. The van der Waals surface area contributed by atoms with Crippen molar-refractivity contribution in [2.75, 3.05) is 20.3 Å². The number of hydrogen-bond donors (Lipinski definition) is 1. The largest absolute Gasteiger partial charge is 0.491 e. The van der Waals surface area contributed by atoms with Crippen molar-refractivity contribution in [3.8, 4) is 5.75 Å². The third kappa shape index (κ3) is 4.08. The summed E-state index contributed by atoms with van der Waals surface area (Å²) in [4.78, 5) is 0. The first-order chi connectivity index (χ1) is 9.31. The number of benzene rings is 1. The molecule has 0 saturated carbocycles. The highest BCUT2D eigenvalue weighted by molar-refractivity contribution is 5.71. The minimum Gasteiger partial charge on any atom is -0.491 e. The van der Waals surface area contributed by atoms with E-state index in [1.807, 2.05) is 12.1 Å². The molecule has 0 fully saturated rings. The monoisotopic (exact) mass is 261 g/mol. The van der Waals surface area contributed by atoms with Crippen LogP contribution in [-0.4, -0.2) is 26.4 Å². The van der Waals surface area contributed by atoms with Gasteiger partial charge in [-0.25, -0.2) is 0 Å². The highest BCUT2D eigenvalue weighted by Crippen LogP contribution is 2.31. The first-order valence-electron chi connectivity index (χ1n) is 6.98. The van der Waals surface area contributed by atoms with Gasteiger partial charge in [0, 0.05) is 18.7 Å². The van der Waals surface area contributed by atoms with Gasteiger partial charge in [0.15, 0.2) is 0 Å². The molecule has 0 aliphatic heterocycles. The Bertz CT molecular complexity index is 429. The van der Waals surface area contributed by atoms with Gasteiger partial charge in [0.25, 0.3) is 0 Å². The molecule has 1 aromatic carbocycles. The van der Waals surface area contributed by atoms with Gasteiger partial charge >= 0.3 is 0 Å². The van der Waals surface area contributed by atoms with Crippen molar-refractivity contribution in [3.63, 3.8) is 0 Å². The molecule has 2 N–H and O–H groups in total. The van der Waals surface area contributed by atoms with E-state index in [9.17, 15) is 0 Å². The second kappa shape index (κ2) is 7.31. The highest BCUT2D eigenvalue weighted by Gasteiger charge is 2.13. The van der Waals surface area contributed by atoms with Crippen molar-refractivity contribution in [2.24, 2.45) is 5.73 Å². The quantitative estimate of drug-likeness (QED) is 0.829. The summed E-state index contributed by atoms with van der Waals surface area (Å²) in [5.74, 6) is 0.930. The molecule has 1 aliphatic carbocycles. The normalized spacial score (nSPS) is 19.7. The van der Waals surface area contributed by atoms with Gasteiger partial charge in [0.2, 0.25) is 0 Å². The van der Waals surface area contributed by atoms with Crippen molar-refractivity contribution in [2.45, 2.75) is 31.7 Å². The van der Waals surface area contributed by atoms with E-state index in [1.165, 1.54) is 24.0 Å². The van der Waals surface area contributed by atoms with Crippen LogP contribution in [0.15, 0.2) is 30.3 Å². The van der Waals surface area contributed by atoms with E-state index in [4.69, 9.17) is 15.2 Å². The SMILES string of the molecule is COCCOc1ccccc1C1=CC(N)CCCC1. The van der Waals surface area contributed by atoms with Gasteiger partial charge < -0.3 is 15.2 Å². The van der Waals surface area contributed by atoms with E-state index >= 15 is 0 Å². The number of methoxy groups -OCH3 is 1. The minimum absolute atomic E-state index is 0.171. The van der Waals surface area contributed by atoms with Gasteiger partial charge in [-0.15, -0.1) is 0 Å². The predicted octanol–water partition coefficient (Wildman–Crippen LogP) is 3.00. The van der Waals surface area contributed by atoms with E-state index in [-0.39, 0.29) is 6.04 Å². The first-order valence-corrected chi connectivity index (χ1v) is 6.98. The van der Waals surface area contributed by atoms with Crippen LogP contribution in [0.5, 0.6) is 5.75 Å². The Morgan fingerprint density at radius 2 is 2.05 bits per heavy atom. The topological polar surface area (TPSA) is 44.5 Å². The molecule has 0 radical (unpaired) electrons. The van der Waals surface area contributed by atoms with Crippen LogP contribution in [-0.2, 0) is 4.74 Å². The summed E-state index contributed by atoms with van der Waals surface area (Å²) in [6.45, 7) is 1.18. The van der Waals surface area contributed by atoms with E-state index in [2.05, 4.69) is 18.2 Å². The molecular formula is C16H23NO2. The van der Waals surface area contributed by atoms with Crippen LogP contribution in [0.4, 0.5) is 0 Å². The summed E-state index contributed by atoms with van der Waals surface area (Å²) >= 11 is 0. The molecule has 0 saturated heterocycles. The molecule has 104 valence electrons. The summed E-state index contributed by atoms with van der Waals surface area (Å²) in [7, 11) is 1.68. The number of para-hydroxylation sites is 1. The van der Waals surface area contributed by atoms with Crippen LogP contribution in [0.25, 0.3) is 5.57 Å². The molecule has 3 nitrogen and oxygen atoms in total. The molecule has 0 spiro atoms. The first kappa shape index (κ1) is 14.1. The Morgan fingerprint density at radius 1 is 1.21 bits per heavy atom. The molecular weight excluding hydrogens is 238 g/mol. The van der Waals surface area contributed by atoms with Gasteiger partial charge in [-0.1, -0.05) is 30.7 Å². The molecule has 1 aromatic rings. The molecule has 0 amide bonds. The standard InChI is InChI=1S/C16H23NO2/c1-18-10-11-19-16-9-5-4-8-15(16)13-6-2-3-7-14(17)12-13/h4-5,8-9,12,14H,2-3,6-7,10-11,17H2,1H3. The molecule has 1 aliphatic rings. The summed E-state index contributed by atoms with van der Waals surface area (Å²) in [6.07, 6.45) is 6.76. The second-order valence-corrected chi connectivity index (χ2v) is 4.94. The van der Waals surface area contributed by atoms with E-state index in [1.54, 1.807) is 7.11 Å². The highest BCUT2D eigenvalue weighted by atomic mass is 16.5. The molecule has 3 heteroatoms. The van der Waals surface area contributed by atoms with Crippen molar-refractivity contribution < 1.29 is 9.47 Å². The molecule has 0 heterocycles. The maximum atomic E-state index is 6.10. The lowest BCUT2D eigenvalue weighted by molar-refractivity contribution is 0.146. The average molecular weight is 261 g/mol. The lowest BCUT2D eigenvalue weighted by Crippen LogP contribution is -2.15. The zero-order chi connectivity index (χ0) is 13.5. The van der Waals surface area contributed by atoms with Gasteiger partial charge in [-0.3, -0.25) is 0 Å². The van der Waals surface area contributed by atoms with Crippen molar-refractivity contribution in [1.29, 1.82) is 0 Å². The van der Waals surface area contributed by atoms with E-state index in [0.29, 0.717) is 13.2 Å². The van der Waals surface area contributed by atoms with Crippen LogP contribution >= 0.6 is 0 Å². The minimum atomic E-state index is 0.171. The second-order valence-electron chi connectivity index (χ2n) is 4.94. The fourth-order valence-corrected chi connectivity index (χ4v) is 2.44. The average Bonchev–Trinajstić information content (AvgIpc) is 2.64. The van der Waals surface area contributed by atoms with E-state index < -0.39 is 0 Å². The Labute approximate surface area is 115 Å². The smallest absolute Gasteiger partial charge is 0.126 e. The number of hydrogen-bond acceptors (Lipinski definition) is 3. The fourth-order valence-electron chi connectivity index (χ4n) is 2.44. The van der Waals surface area contributed by atoms with Crippen LogP contribution in [0.1, 0.15) is 31.2 Å². The Balaban J connectivity index is 2.18. The Kier molecular flexibility index (Phi) is 5.43. The molecule has 19 heavy (non-hydrogen) atoms. The summed E-state index contributed by atoms with van der Waals surface area (Å²) in [6, 6.07) is 8.36. The van der Waals surface area contributed by atoms with Crippen LogP contribution < -0.4 is 10.5 Å².